The first kappa shape index (κ1) is 12.4. The summed E-state index contributed by atoms with van der Waals surface area (Å²) in [5.41, 5.74) is -2.02. The second-order valence-corrected chi connectivity index (χ2v) is 3.50. The zero-order valence-corrected chi connectivity index (χ0v) is 8.80. The van der Waals surface area contributed by atoms with Crippen LogP contribution in [-0.4, -0.2) is 46.1 Å². The highest BCUT2D eigenvalue weighted by molar-refractivity contribution is 5.93. The molecule has 0 heterocycles. The van der Waals surface area contributed by atoms with Gasteiger partial charge in [0.05, 0.1) is 5.57 Å². The van der Waals surface area contributed by atoms with Crippen molar-refractivity contribution < 1.29 is 29.6 Å². The number of aliphatic hydroxyl groups is 1. The topological polar surface area (TPSA) is 104 Å². The van der Waals surface area contributed by atoms with Gasteiger partial charge in [0, 0.05) is 7.11 Å². The molecule has 3 N–H and O–H groups in total. The first-order valence-corrected chi connectivity index (χ1v) is 4.46. The zero-order valence-electron chi connectivity index (χ0n) is 8.80. The fourth-order valence-corrected chi connectivity index (χ4v) is 1.63. The van der Waals surface area contributed by atoms with Crippen molar-refractivity contribution in [2.24, 2.45) is 0 Å². The minimum absolute atomic E-state index is 0.399. The van der Waals surface area contributed by atoms with Crippen LogP contribution in [0.1, 0.15) is 6.92 Å². The molecule has 6 nitrogen and oxygen atoms in total. The van der Waals surface area contributed by atoms with E-state index in [2.05, 4.69) is 0 Å². The van der Waals surface area contributed by atoms with E-state index in [1.165, 1.54) is 19.1 Å². The van der Waals surface area contributed by atoms with Crippen LogP contribution in [0.2, 0.25) is 0 Å². The lowest BCUT2D eigenvalue weighted by Gasteiger charge is -2.33. The second-order valence-electron chi connectivity index (χ2n) is 3.50. The van der Waals surface area contributed by atoms with E-state index in [4.69, 9.17) is 14.9 Å². The summed E-state index contributed by atoms with van der Waals surface area (Å²) >= 11 is 0. The number of aliphatic carboxylic acids is 2. The molecule has 0 aromatic rings. The quantitative estimate of drug-likeness (QED) is 0.617. The summed E-state index contributed by atoms with van der Waals surface area (Å²) in [7, 11) is 1.10. The van der Waals surface area contributed by atoms with Gasteiger partial charge in [0.25, 0.3) is 0 Å². The standard InChI is InChI=1S/C10H12O6/c1-5-3-6(8(12)13)7(11)10(4-5,16-2)9(14)15/h3-4,7,11H,1-2H3,(H,12,13)(H,14,15)/t7-,10?/m0/s1. The van der Waals surface area contributed by atoms with E-state index in [0.29, 0.717) is 5.57 Å². The van der Waals surface area contributed by atoms with Crippen molar-refractivity contribution in [2.75, 3.05) is 7.11 Å². The van der Waals surface area contributed by atoms with Crippen LogP contribution >= 0.6 is 0 Å². The van der Waals surface area contributed by atoms with Crippen molar-refractivity contribution in [3.8, 4) is 0 Å². The van der Waals surface area contributed by atoms with Crippen LogP contribution in [-0.2, 0) is 14.3 Å². The Kier molecular flexibility index (Phi) is 3.16. The maximum absolute atomic E-state index is 11.1. The van der Waals surface area contributed by atoms with Crippen molar-refractivity contribution >= 4 is 11.9 Å². The molecule has 0 bridgehead atoms. The third kappa shape index (κ3) is 1.72. The summed E-state index contributed by atoms with van der Waals surface area (Å²) in [5.74, 6) is -2.81. The van der Waals surface area contributed by atoms with Gasteiger partial charge in [-0.1, -0.05) is 5.57 Å². The number of methoxy groups -OCH3 is 1. The number of ether oxygens (including phenoxy) is 1. The summed E-state index contributed by atoms with van der Waals surface area (Å²) in [6.45, 7) is 1.53. The number of rotatable bonds is 3. The normalized spacial score (nSPS) is 29.3. The van der Waals surface area contributed by atoms with Crippen LogP contribution in [0.4, 0.5) is 0 Å². The number of aliphatic hydroxyl groups excluding tert-OH is 1. The van der Waals surface area contributed by atoms with Crippen molar-refractivity contribution in [1.82, 2.24) is 0 Å². The van der Waals surface area contributed by atoms with E-state index < -0.39 is 29.2 Å². The monoisotopic (exact) mass is 228 g/mol. The average Bonchev–Trinajstić information content (AvgIpc) is 2.20. The molecule has 1 aliphatic rings. The van der Waals surface area contributed by atoms with Gasteiger partial charge in [-0.15, -0.1) is 0 Å². The molecule has 0 aromatic carbocycles. The Labute approximate surface area is 91.5 Å². The van der Waals surface area contributed by atoms with Crippen LogP contribution in [0.3, 0.4) is 0 Å². The zero-order chi connectivity index (χ0) is 12.5. The van der Waals surface area contributed by atoms with Crippen LogP contribution in [0.25, 0.3) is 0 Å². The van der Waals surface area contributed by atoms with Gasteiger partial charge in [-0.3, -0.25) is 0 Å². The first-order chi connectivity index (χ1) is 7.35. The highest BCUT2D eigenvalue weighted by Crippen LogP contribution is 2.30. The van der Waals surface area contributed by atoms with E-state index in [9.17, 15) is 14.7 Å². The molecule has 1 unspecified atom stereocenters. The van der Waals surface area contributed by atoms with E-state index in [0.717, 1.165) is 7.11 Å². The predicted molar refractivity (Wildman–Crippen MR) is 52.9 cm³/mol. The van der Waals surface area contributed by atoms with Crippen LogP contribution in [0.5, 0.6) is 0 Å². The first-order valence-electron chi connectivity index (χ1n) is 4.46. The Hall–Kier alpha value is -1.66. The highest BCUT2D eigenvalue weighted by atomic mass is 16.5. The Morgan fingerprint density at radius 1 is 1.44 bits per heavy atom. The van der Waals surface area contributed by atoms with Gasteiger partial charge in [0.1, 0.15) is 6.10 Å². The number of carboxylic acids is 2. The second kappa shape index (κ2) is 4.07. The number of carboxylic acid groups (broad SMARTS) is 2. The van der Waals surface area contributed by atoms with Gasteiger partial charge < -0.3 is 20.1 Å². The summed E-state index contributed by atoms with van der Waals surface area (Å²) in [4.78, 5) is 21.9. The highest BCUT2D eigenvalue weighted by Gasteiger charge is 2.49. The molecule has 1 rings (SSSR count). The molecule has 0 saturated carbocycles. The Bertz CT molecular complexity index is 394. The minimum atomic E-state index is -2.04. The summed E-state index contributed by atoms with van der Waals surface area (Å²) in [6.07, 6.45) is 0.663. The number of hydrogen-bond donors (Lipinski definition) is 3. The molecule has 6 heteroatoms. The largest absolute Gasteiger partial charge is 0.479 e. The smallest absolute Gasteiger partial charge is 0.343 e. The Balaban J connectivity index is 3.32. The molecule has 0 spiro atoms. The summed E-state index contributed by atoms with van der Waals surface area (Å²) in [6, 6.07) is 0. The molecule has 0 fully saturated rings. The van der Waals surface area contributed by atoms with Crippen LogP contribution < -0.4 is 0 Å². The van der Waals surface area contributed by atoms with Gasteiger partial charge in [0.2, 0.25) is 5.60 Å². The molecular formula is C10H12O6. The van der Waals surface area contributed by atoms with Gasteiger partial charge in [-0.05, 0) is 19.1 Å². The van der Waals surface area contributed by atoms with E-state index in [1.54, 1.807) is 0 Å². The van der Waals surface area contributed by atoms with Crippen molar-refractivity contribution in [3.05, 3.63) is 23.3 Å². The van der Waals surface area contributed by atoms with Crippen LogP contribution in [0.15, 0.2) is 23.3 Å². The fourth-order valence-electron chi connectivity index (χ4n) is 1.63. The lowest BCUT2D eigenvalue weighted by Crippen LogP contribution is -2.53. The van der Waals surface area contributed by atoms with E-state index >= 15 is 0 Å². The lowest BCUT2D eigenvalue weighted by atomic mass is 9.83. The number of allylic oxidation sites excluding steroid dienone is 2. The molecule has 1 aliphatic carbocycles. The molecule has 0 amide bonds. The van der Waals surface area contributed by atoms with Gasteiger partial charge >= 0.3 is 11.9 Å². The molecule has 0 aliphatic heterocycles. The summed E-state index contributed by atoms with van der Waals surface area (Å²) < 4.78 is 4.77. The molecule has 88 valence electrons. The minimum Gasteiger partial charge on any atom is -0.479 e. The Morgan fingerprint density at radius 3 is 2.38 bits per heavy atom. The average molecular weight is 228 g/mol. The number of carbonyl (C=O) groups is 2. The fraction of sp³-hybridized carbons (Fsp3) is 0.400. The third-order valence-corrected chi connectivity index (χ3v) is 2.45. The van der Waals surface area contributed by atoms with E-state index in [1.807, 2.05) is 0 Å². The van der Waals surface area contributed by atoms with Gasteiger partial charge in [0.15, 0.2) is 0 Å². The molecular weight excluding hydrogens is 216 g/mol. The van der Waals surface area contributed by atoms with Crippen molar-refractivity contribution in [3.63, 3.8) is 0 Å². The third-order valence-electron chi connectivity index (χ3n) is 2.45. The number of hydrogen-bond acceptors (Lipinski definition) is 4. The SMILES string of the molecule is COC1(C(=O)O)C=C(C)C=C(C(=O)O)[C@@H]1O. The molecule has 2 atom stereocenters. The van der Waals surface area contributed by atoms with Crippen molar-refractivity contribution in [1.29, 1.82) is 0 Å². The van der Waals surface area contributed by atoms with Crippen LogP contribution in [0, 0.1) is 0 Å². The molecule has 0 saturated heterocycles. The van der Waals surface area contributed by atoms with Gasteiger partial charge in [-0.2, -0.15) is 0 Å². The Morgan fingerprint density at radius 2 is 2.00 bits per heavy atom. The maximum atomic E-state index is 11.1. The summed E-state index contributed by atoms with van der Waals surface area (Å²) in [5, 5.41) is 27.6. The maximum Gasteiger partial charge on any atom is 0.343 e. The molecule has 0 aromatic heterocycles. The van der Waals surface area contributed by atoms with Gasteiger partial charge in [-0.25, -0.2) is 9.59 Å². The molecule has 0 radical (unpaired) electrons. The predicted octanol–water partition coefficient (Wildman–Crippen LogP) is -0.212. The lowest BCUT2D eigenvalue weighted by molar-refractivity contribution is -0.166. The molecule has 16 heavy (non-hydrogen) atoms. The van der Waals surface area contributed by atoms with E-state index in [-0.39, 0.29) is 0 Å². The van der Waals surface area contributed by atoms with Crippen molar-refractivity contribution in [2.45, 2.75) is 18.6 Å².